The molecule has 0 bridgehead atoms. The van der Waals surface area contributed by atoms with E-state index in [9.17, 15) is 0 Å². The Bertz CT molecular complexity index is 575. The van der Waals surface area contributed by atoms with Crippen molar-refractivity contribution in [1.82, 2.24) is 9.97 Å². The molecule has 1 aromatic carbocycles. The molecule has 1 heterocycles. The Balaban J connectivity index is 1.78. The highest BCUT2D eigenvalue weighted by atomic mass is 16.5. The van der Waals surface area contributed by atoms with Gasteiger partial charge in [0.25, 0.3) is 0 Å². The summed E-state index contributed by atoms with van der Waals surface area (Å²) in [7, 11) is 0. The van der Waals surface area contributed by atoms with Crippen LogP contribution in [0.5, 0.6) is 11.6 Å². The van der Waals surface area contributed by atoms with Crippen LogP contribution in [0.3, 0.4) is 0 Å². The molecule has 6 nitrogen and oxygen atoms in total. The summed E-state index contributed by atoms with van der Waals surface area (Å²) in [5, 5.41) is 3.08. The average Bonchev–Trinajstić information content (AvgIpc) is 2.43. The standard InChI is InChI=1S/C15H20N4O2/c1-11(2)21-14-6-7-17-15(19-14)18-8-9-20-13-5-3-4-12(16)10-13/h3-7,10-11H,8-9,16H2,1-2H3,(H,17,18,19). The van der Waals surface area contributed by atoms with Crippen LogP contribution in [0.25, 0.3) is 0 Å². The van der Waals surface area contributed by atoms with E-state index in [1.807, 2.05) is 32.0 Å². The molecule has 3 N–H and O–H groups in total. The number of benzene rings is 1. The number of nitrogen functional groups attached to an aromatic ring is 1. The number of hydrogen-bond donors (Lipinski definition) is 2. The molecule has 2 rings (SSSR count). The van der Waals surface area contributed by atoms with E-state index >= 15 is 0 Å². The lowest BCUT2D eigenvalue weighted by Gasteiger charge is -2.10. The van der Waals surface area contributed by atoms with E-state index in [0.717, 1.165) is 5.75 Å². The maximum absolute atomic E-state index is 5.68. The first-order chi connectivity index (χ1) is 10.1. The molecule has 0 saturated heterocycles. The number of nitrogens with one attached hydrogen (secondary N) is 1. The molecular formula is C15H20N4O2. The van der Waals surface area contributed by atoms with Gasteiger partial charge in [-0.05, 0) is 26.0 Å². The summed E-state index contributed by atoms with van der Waals surface area (Å²) in [6, 6.07) is 9.05. The van der Waals surface area contributed by atoms with E-state index in [-0.39, 0.29) is 6.10 Å². The van der Waals surface area contributed by atoms with E-state index in [2.05, 4.69) is 15.3 Å². The van der Waals surface area contributed by atoms with Gasteiger partial charge in [-0.15, -0.1) is 0 Å². The average molecular weight is 288 g/mol. The van der Waals surface area contributed by atoms with Crippen molar-refractivity contribution < 1.29 is 9.47 Å². The Hall–Kier alpha value is -2.50. The number of ether oxygens (including phenoxy) is 2. The van der Waals surface area contributed by atoms with E-state index in [4.69, 9.17) is 15.2 Å². The van der Waals surface area contributed by atoms with Crippen molar-refractivity contribution in [2.24, 2.45) is 0 Å². The Morgan fingerprint density at radius 3 is 2.90 bits per heavy atom. The highest BCUT2D eigenvalue weighted by Crippen LogP contribution is 2.14. The highest BCUT2D eigenvalue weighted by Gasteiger charge is 2.02. The third kappa shape index (κ3) is 5.18. The molecule has 0 aliphatic carbocycles. The molecule has 1 aromatic heterocycles. The first-order valence-electron chi connectivity index (χ1n) is 6.85. The topological polar surface area (TPSA) is 82.3 Å². The molecular weight excluding hydrogens is 268 g/mol. The van der Waals surface area contributed by atoms with Crippen LogP contribution in [0.1, 0.15) is 13.8 Å². The Kier molecular flexibility index (Phi) is 5.20. The molecule has 21 heavy (non-hydrogen) atoms. The van der Waals surface area contributed by atoms with Crippen LogP contribution in [-0.2, 0) is 0 Å². The summed E-state index contributed by atoms with van der Waals surface area (Å²) >= 11 is 0. The molecule has 0 fully saturated rings. The van der Waals surface area contributed by atoms with E-state index in [1.165, 1.54) is 0 Å². The van der Waals surface area contributed by atoms with Crippen molar-refractivity contribution in [1.29, 1.82) is 0 Å². The Morgan fingerprint density at radius 1 is 1.29 bits per heavy atom. The molecule has 0 unspecified atom stereocenters. The van der Waals surface area contributed by atoms with Gasteiger partial charge in [-0.25, -0.2) is 4.98 Å². The van der Waals surface area contributed by atoms with Crippen molar-refractivity contribution in [3.8, 4) is 11.6 Å². The number of aromatic nitrogens is 2. The minimum Gasteiger partial charge on any atom is -0.492 e. The first-order valence-corrected chi connectivity index (χ1v) is 6.85. The summed E-state index contributed by atoms with van der Waals surface area (Å²) in [6.45, 7) is 4.98. The van der Waals surface area contributed by atoms with Gasteiger partial charge in [0.15, 0.2) is 0 Å². The molecule has 112 valence electrons. The van der Waals surface area contributed by atoms with Gasteiger partial charge in [0, 0.05) is 24.0 Å². The van der Waals surface area contributed by atoms with Crippen LogP contribution in [0.4, 0.5) is 11.6 Å². The molecule has 0 saturated carbocycles. The van der Waals surface area contributed by atoms with Gasteiger partial charge in [0.1, 0.15) is 12.4 Å². The third-order valence-corrected chi connectivity index (χ3v) is 2.50. The summed E-state index contributed by atoms with van der Waals surface area (Å²) in [5.41, 5.74) is 6.36. The number of nitrogens with zero attached hydrogens (tertiary/aromatic N) is 2. The molecule has 2 aromatic rings. The summed E-state index contributed by atoms with van der Waals surface area (Å²) in [5.74, 6) is 1.82. The number of hydrogen-bond acceptors (Lipinski definition) is 6. The lowest BCUT2D eigenvalue weighted by Crippen LogP contribution is -2.14. The van der Waals surface area contributed by atoms with Gasteiger partial charge >= 0.3 is 0 Å². The second-order valence-corrected chi connectivity index (χ2v) is 4.73. The Morgan fingerprint density at radius 2 is 2.14 bits per heavy atom. The third-order valence-electron chi connectivity index (χ3n) is 2.50. The van der Waals surface area contributed by atoms with Crippen LogP contribution in [-0.4, -0.2) is 29.2 Å². The normalized spacial score (nSPS) is 10.4. The van der Waals surface area contributed by atoms with Crippen molar-refractivity contribution in [2.45, 2.75) is 20.0 Å². The molecule has 0 spiro atoms. The van der Waals surface area contributed by atoms with Gasteiger partial charge < -0.3 is 20.5 Å². The number of anilines is 2. The predicted molar refractivity (Wildman–Crippen MR) is 82.6 cm³/mol. The van der Waals surface area contributed by atoms with Crippen LogP contribution < -0.4 is 20.5 Å². The highest BCUT2D eigenvalue weighted by molar-refractivity contribution is 5.43. The Labute approximate surface area is 124 Å². The van der Waals surface area contributed by atoms with Gasteiger partial charge in [0.2, 0.25) is 11.8 Å². The fourth-order valence-electron chi connectivity index (χ4n) is 1.67. The minimum atomic E-state index is 0.0830. The van der Waals surface area contributed by atoms with Gasteiger partial charge in [-0.2, -0.15) is 4.98 Å². The van der Waals surface area contributed by atoms with Crippen LogP contribution in [0.15, 0.2) is 36.5 Å². The smallest absolute Gasteiger partial charge is 0.226 e. The fourth-order valence-corrected chi connectivity index (χ4v) is 1.67. The summed E-state index contributed by atoms with van der Waals surface area (Å²) in [4.78, 5) is 8.38. The van der Waals surface area contributed by atoms with Crippen molar-refractivity contribution >= 4 is 11.6 Å². The zero-order valence-corrected chi connectivity index (χ0v) is 12.2. The van der Waals surface area contributed by atoms with Crippen LogP contribution in [0.2, 0.25) is 0 Å². The van der Waals surface area contributed by atoms with Crippen LogP contribution in [0, 0.1) is 0 Å². The zero-order chi connectivity index (χ0) is 15.1. The van der Waals surface area contributed by atoms with E-state index in [1.54, 1.807) is 18.3 Å². The quantitative estimate of drug-likeness (QED) is 0.601. The zero-order valence-electron chi connectivity index (χ0n) is 12.2. The maximum Gasteiger partial charge on any atom is 0.226 e. The van der Waals surface area contributed by atoms with Crippen molar-refractivity contribution in [2.75, 3.05) is 24.2 Å². The second-order valence-electron chi connectivity index (χ2n) is 4.73. The SMILES string of the molecule is CC(C)Oc1ccnc(NCCOc2cccc(N)c2)n1. The van der Waals surface area contributed by atoms with Gasteiger partial charge in [-0.1, -0.05) is 6.07 Å². The predicted octanol–water partition coefficient (Wildman–Crippen LogP) is 2.34. The molecule has 0 aliphatic rings. The van der Waals surface area contributed by atoms with E-state index < -0.39 is 0 Å². The van der Waals surface area contributed by atoms with Gasteiger partial charge in [0.05, 0.1) is 12.6 Å². The van der Waals surface area contributed by atoms with E-state index in [0.29, 0.717) is 30.7 Å². The van der Waals surface area contributed by atoms with Crippen molar-refractivity contribution in [3.63, 3.8) is 0 Å². The molecule has 0 radical (unpaired) electrons. The molecule has 0 amide bonds. The molecule has 0 aliphatic heterocycles. The monoisotopic (exact) mass is 288 g/mol. The lowest BCUT2D eigenvalue weighted by atomic mass is 10.3. The summed E-state index contributed by atoms with van der Waals surface area (Å²) in [6.07, 6.45) is 1.74. The fraction of sp³-hybridized carbons (Fsp3) is 0.333. The second kappa shape index (κ2) is 7.33. The minimum absolute atomic E-state index is 0.0830. The lowest BCUT2D eigenvalue weighted by molar-refractivity contribution is 0.232. The molecule has 6 heteroatoms. The first kappa shape index (κ1) is 14.9. The summed E-state index contributed by atoms with van der Waals surface area (Å²) < 4.78 is 11.1. The largest absolute Gasteiger partial charge is 0.492 e. The van der Waals surface area contributed by atoms with Crippen LogP contribution >= 0.6 is 0 Å². The molecule has 0 atom stereocenters. The van der Waals surface area contributed by atoms with Crippen molar-refractivity contribution in [3.05, 3.63) is 36.5 Å². The number of nitrogens with two attached hydrogens (primary N) is 1. The number of rotatable bonds is 7. The van der Waals surface area contributed by atoms with Gasteiger partial charge in [-0.3, -0.25) is 0 Å². The maximum atomic E-state index is 5.68.